The molecule has 0 aliphatic carbocycles. The van der Waals surface area contributed by atoms with Gasteiger partial charge in [0.05, 0.1) is 10.0 Å². The SMILES string of the molecule is Cn1ccnc1C1CCN(C(=O)c2c[nH]c(=O)c(Br)c2)C1. The minimum absolute atomic E-state index is 0.0661. The summed E-state index contributed by atoms with van der Waals surface area (Å²) in [7, 11) is 1.96. The van der Waals surface area contributed by atoms with Crippen LogP contribution in [0.5, 0.6) is 0 Å². The number of aromatic nitrogens is 3. The molecule has 6 nitrogen and oxygen atoms in total. The number of halogens is 1. The summed E-state index contributed by atoms with van der Waals surface area (Å²) in [4.78, 5) is 32.5. The van der Waals surface area contributed by atoms with E-state index in [1.165, 1.54) is 6.20 Å². The van der Waals surface area contributed by atoms with Crippen LogP contribution in [0.1, 0.15) is 28.5 Å². The first-order chi connectivity index (χ1) is 10.1. The molecule has 7 heteroatoms. The van der Waals surface area contributed by atoms with Gasteiger partial charge < -0.3 is 14.5 Å². The molecule has 1 saturated heterocycles. The van der Waals surface area contributed by atoms with E-state index in [0.29, 0.717) is 23.1 Å². The third-order valence-corrected chi connectivity index (χ3v) is 4.39. The van der Waals surface area contributed by atoms with Gasteiger partial charge in [0, 0.05) is 44.6 Å². The fourth-order valence-electron chi connectivity index (χ4n) is 2.69. The van der Waals surface area contributed by atoms with E-state index >= 15 is 0 Å². The molecule has 0 radical (unpaired) electrons. The minimum atomic E-state index is -0.237. The van der Waals surface area contributed by atoms with Crippen molar-refractivity contribution in [3.8, 4) is 0 Å². The van der Waals surface area contributed by atoms with E-state index < -0.39 is 0 Å². The molecule has 3 rings (SSSR count). The van der Waals surface area contributed by atoms with E-state index in [0.717, 1.165) is 12.2 Å². The Balaban J connectivity index is 1.76. The van der Waals surface area contributed by atoms with Gasteiger partial charge in [0.1, 0.15) is 5.82 Å². The first-order valence-electron chi connectivity index (χ1n) is 6.71. The number of hydrogen-bond acceptors (Lipinski definition) is 3. The monoisotopic (exact) mass is 350 g/mol. The Bertz CT molecular complexity index is 737. The fourth-order valence-corrected chi connectivity index (χ4v) is 3.05. The molecular formula is C14H15BrN4O2. The highest BCUT2D eigenvalue weighted by atomic mass is 79.9. The smallest absolute Gasteiger partial charge is 0.262 e. The highest BCUT2D eigenvalue weighted by molar-refractivity contribution is 9.10. The van der Waals surface area contributed by atoms with Crippen LogP contribution in [0.4, 0.5) is 0 Å². The molecule has 1 N–H and O–H groups in total. The molecule has 3 heterocycles. The van der Waals surface area contributed by atoms with Crippen LogP contribution in [0.15, 0.2) is 33.9 Å². The van der Waals surface area contributed by atoms with Gasteiger partial charge in [-0.25, -0.2) is 4.98 Å². The van der Waals surface area contributed by atoms with Crippen molar-refractivity contribution in [3.63, 3.8) is 0 Å². The van der Waals surface area contributed by atoms with Gasteiger partial charge in [-0.1, -0.05) is 0 Å². The van der Waals surface area contributed by atoms with Crippen molar-refractivity contribution in [2.24, 2.45) is 7.05 Å². The van der Waals surface area contributed by atoms with Gasteiger partial charge in [-0.05, 0) is 28.4 Å². The summed E-state index contributed by atoms with van der Waals surface area (Å²) in [5, 5.41) is 0. The molecular weight excluding hydrogens is 336 g/mol. The quantitative estimate of drug-likeness (QED) is 0.892. The Labute approximate surface area is 129 Å². The maximum Gasteiger partial charge on any atom is 0.262 e. The van der Waals surface area contributed by atoms with Crippen LogP contribution in [0.3, 0.4) is 0 Å². The summed E-state index contributed by atoms with van der Waals surface area (Å²) in [5.41, 5.74) is 0.251. The molecule has 1 aliphatic rings. The van der Waals surface area contributed by atoms with Gasteiger partial charge in [-0.15, -0.1) is 0 Å². The van der Waals surface area contributed by atoms with E-state index in [-0.39, 0.29) is 17.4 Å². The number of hydrogen-bond donors (Lipinski definition) is 1. The number of nitrogens with one attached hydrogen (secondary N) is 1. The number of likely N-dealkylation sites (tertiary alicyclic amines) is 1. The van der Waals surface area contributed by atoms with Crippen LogP contribution in [0.2, 0.25) is 0 Å². The molecule has 2 aromatic rings. The molecule has 2 aromatic heterocycles. The second kappa shape index (κ2) is 5.48. The topological polar surface area (TPSA) is 71.0 Å². The van der Waals surface area contributed by atoms with Gasteiger partial charge in [-0.2, -0.15) is 0 Å². The average Bonchev–Trinajstić information content (AvgIpc) is 3.09. The molecule has 0 aromatic carbocycles. The number of nitrogens with zero attached hydrogens (tertiary/aromatic N) is 3. The summed E-state index contributed by atoms with van der Waals surface area (Å²) in [5.74, 6) is 1.21. The molecule has 0 saturated carbocycles. The van der Waals surface area contributed by atoms with Crippen molar-refractivity contribution in [3.05, 3.63) is 50.9 Å². The predicted molar refractivity (Wildman–Crippen MR) is 81.2 cm³/mol. The van der Waals surface area contributed by atoms with E-state index in [4.69, 9.17) is 0 Å². The number of carbonyl (C=O) groups is 1. The van der Waals surface area contributed by atoms with Crippen LogP contribution < -0.4 is 5.56 Å². The second-order valence-electron chi connectivity index (χ2n) is 5.20. The van der Waals surface area contributed by atoms with Crippen molar-refractivity contribution < 1.29 is 4.79 Å². The largest absolute Gasteiger partial charge is 0.338 e. The van der Waals surface area contributed by atoms with Gasteiger partial charge in [0.25, 0.3) is 11.5 Å². The summed E-state index contributed by atoms with van der Waals surface area (Å²) in [6.07, 6.45) is 6.06. The zero-order valence-corrected chi connectivity index (χ0v) is 13.1. The predicted octanol–water partition coefficient (Wildman–Crippen LogP) is 1.50. The lowest BCUT2D eigenvalue weighted by Crippen LogP contribution is -2.29. The number of carbonyl (C=O) groups excluding carboxylic acids is 1. The third-order valence-electron chi connectivity index (χ3n) is 3.80. The van der Waals surface area contributed by atoms with E-state index in [9.17, 15) is 9.59 Å². The van der Waals surface area contributed by atoms with Crippen molar-refractivity contribution in [1.29, 1.82) is 0 Å². The maximum absolute atomic E-state index is 12.5. The summed E-state index contributed by atoms with van der Waals surface area (Å²) < 4.78 is 2.36. The maximum atomic E-state index is 12.5. The molecule has 1 unspecified atom stereocenters. The van der Waals surface area contributed by atoms with Crippen LogP contribution >= 0.6 is 15.9 Å². The highest BCUT2D eigenvalue weighted by Crippen LogP contribution is 2.26. The van der Waals surface area contributed by atoms with E-state index in [1.807, 2.05) is 17.8 Å². The summed E-state index contributed by atoms with van der Waals surface area (Å²) in [6, 6.07) is 1.56. The molecule has 1 fully saturated rings. The van der Waals surface area contributed by atoms with E-state index in [2.05, 4.69) is 25.9 Å². The van der Waals surface area contributed by atoms with Crippen molar-refractivity contribution in [1.82, 2.24) is 19.4 Å². The number of rotatable bonds is 2. The molecule has 1 amide bonds. The number of H-pyrrole nitrogens is 1. The Kier molecular flexibility index (Phi) is 3.67. The molecule has 1 aliphatic heterocycles. The van der Waals surface area contributed by atoms with Crippen molar-refractivity contribution in [2.45, 2.75) is 12.3 Å². The highest BCUT2D eigenvalue weighted by Gasteiger charge is 2.30. The average molecular weight is 351 g/mol. The first-order valence-corrected chi connectivity index (χ1v) is 7.50. The van der Waals surface area contributed by atoms with E-state index in [1.54, 1.807) is 17.2 Å². The Morgan fingerprint density at radius 3 is 3.00 bits per heavy atom. The molecule has 21 heavy (non-hydrogen) atoms. The zero-order valence-electron chi connectivity index (χ0n) is 11.5. The molecule has 1 atom stereocenters. The Morgan fingerprint density at radius 1 is 1.52 bits per heavy atom. The Morgan fingerprint density at radius 2 is 2.33 bits per heavy atom. The lowest BCUT2D eigenvalue weighted by atomic mass is 10.1. The zero-order chi connectivity index (χ0) is 15.0. The van der Waals surface area contributed by atoms with Gasteiger partial charge in [0.15, 0.2) is 0 Å². The molecule has 110 valence electrons. The minimum Gasteiger partial charge on any atom is -0.338 e. The Hall–Kier alpha value is -1.89. The third kappa shape index (κ3) is 2.65. The lowest BCUT2D eigenvalue weighted by Gasteiger charge is -2.16. The first kappa shape index (κ1) is 14.1. The fraction of sp³-hybridized carbons (Fsp3) is 0.357. The lowest BCUT2D eigenvalue weighted by molar-refractivity contribution is 0.0790. The number of aromatic amines is 1. The number of imidazole rings is 1. The van der Waals surface area contributed by atoms with Gasteiger partial charge >= 0.3 is 0 Å². The van der Waals surface area contributed by atoms with Crippen LogP contribution in [-0.2, 0) is 7.05 Å². The number of pyridine rings is 1. The van der Waals surface area contributed by atoms with Crippen LogP contribution in [-0.4, -0.2) is 38.4 Å². The summed E-state index contributed by atoms with van der Waals surface area (Å²) >= 11 is 3.15. The van der Waals surface area contributed by atoms with Crippen LogP contribution in [0.25, 0.3) is 0 Å². The summed E-state index contributed by atoms with van der Waals surface area (Å²) in [6.45, 7) is 1.35. The standard InChI is InChI=1S/C14H15BrN4O2/c1-18-5-3-16-12(18)9-2-4-19(8-9)14(21)10-6-11(15)13(20)17-7-10/h3,5-7,9H,2,4,8H2,1H3,(H,17,20). The van der Waals surface area contributed by atoms with Crippen molar-refractivity contribution >= 4 is 21.8 Å². The number of amides is 1. The molecule has 0 spiro atoms. The van der Waals surface area contributed by atoms with Crippen LogP contribution in [0, 0.1) is 0 Å². The van der Waals surface area contributed by atoms with Gasteiger partial charge in [-0.3, -0.25) is 9.59 Å². The normalized spacial score (nSPS) is 18.2. The van der Waals surface area contributed by atoms with Crippen molar-refractivity contribution in [2.75, 3.05) is 13.1 Å². The molecule has 0 bridgehead atoms. The van der Waals surface area contributed by atoms with Gasteiger partial charge in [0.2, 0.25) is 0 Å². The number of aryl methyl sites for hydroxylation is 1. The second-order valence-corrected chi connectivity index (χ2v) is 6.05.